The van der Waals surface area contributed by atoms with Crippen molar-refractivity contribution in [3.8, 4) is 17.1 Å². The normalized spacial score (nSPS) is 17.8. The van der Waals surface area contributed by atoms with Gasteiger partial charge in [0.15, 0.2) is 14.1 Å². The molecule has 1 aliphatic rings. The second-order valence-corrected chi connectivity index (χ2v) is 17.4. The topological polar surface area (TPSA) is 65.5 Å². The van der Waals surface area contributed by atoms with Crippen molar-refractivity contribution in [1.29, 1.82) is 0 Å². The number of halogens is 1. The lowest BCUT2D eigenvalue weighted by Gasteiger charge is -2.40. The van der Waals surface area contributed by atoms with Gasteiger partial charge in [-0.25, -0.2) is 9.97 Å². The van der Waals surface area contributed by atoms with E-state index in [1.165, 1.54) is 0 Å². The molecule has 1 N–H and O–H groups in total. The number of benzene rings is 1. The van der Waals surface area contributed by atoms with Gasteiger partial charge in [0.25, 0.3) is 0 Å². The molecule has 0 aliphatic carbocycles. The molecule has 2 aromatic rings. The third-order valence-corrected chi connectivity index (χ3v) is 11.7. The largest absolute Gasteiger partial charge is 0.491 e. The van der Waals surface area contributed by atoms with Crippen LogP contribution >= 0.6 is 11.6 Å². The van der Waals surface area contributed by atoms with Gasteiger partial charge >= 0.3 is 0 Å². The molecule has 1 saturated heterocycles. The minimum Gasteiger partial charge on any atom is -0.491 e. The molecule has 1 unspecified atom stereocenters. The fourth-order valence-corrected chi connectivity index (χ4v) is 5.15. The molecule has 1 aliphatic heterocycles. The molecule has 0 saturated carbocycles. The van der Waals surface area contributed by atoms with Crippen molar-refractivity contribution in [3.05, 3.63) is 41.4 Å². The van der Waals surface area contributed by atoms with Gasteiger partial charge in [0.2, 0.25) is 0 Å². The van der Waals surface area contributed by atoms with E-state index in [1.807, 2.05) is 31.2 Å². The van der Waals surface area contributed by atoms with Crippen LogP contribution < -0.4 is 10.1 Å². The third-order valence-electron chi connectivity index (χ3n) is 6.80. The average Bonchev–Trinajstić information content (AvgIpc) is 3.26. The number of aromatic nitrogens is 2. The summed E-state index contributed by atoms with van der Waals surface area (Å²) in [4.78, 5) is 9.32. The van der Waals surface area contributed by atoms with Crippen molar-refractivity contribution >= 4 is 25.7 Å². The van der Waals surface area contributed by atoms with Crippen LogP contribution in [0.5, 0.6) is 5.75 Å². The van der Waals surface area contributed by atoms with Crippen LogP contribution in [0.25, 0.3) is 11.4 Å². The Hall–Kier alpha value is -1.67. The first-order valence-corrected chi connectivity index (χ1v) is 16.1. The van der Waals surface area contributed by atoms with Gasteiger partial charge < -0.3 is 19.2 Å². The van der Waals surface area contributed by atoms with E-state index in [-0.39, 0.29) is 22.6 Å². The van der Waals surface area contributed by atoms with Gasteiger partial charge in [0.05, 0.1) is 18.8 Å². The average molecular weight is 533 g/mol. The third kappa shape index (κ3) is 7.91. The second-order valence-electron chi connectivity index (χ2n) is 12.3. The summed E-state index contributed by atoms with van der Waals surface area (Å²) in [6.45, 7) is 21.7. The number of anilines is 1. The quantitative estimate of drug-likeness (QED) is 0.269. The molecule has 1 fully saturated rings. The van der Waals surface area contributed by atoms with Gasteiger partial charge in [-0.05, 0) is 55.4 Å². The first-order chi connectivity index (χ1) is 16.6. The molecular weight excluding hydrogens is 490 g/mol. The summed E-state index contributed by atoms with van der Waals surface area (Å²) in [5, 5.41) is 4.02. The highest BCUT2D eigenvalue weighted by molar-refractivity contribution is 6.74. The summed E-state index contributed by atoms with van der Waals surface area (Å²) in [5.41, 5.74) is 1.70. The molecule has 3 rings (SSSR count). The molecule has 199 valence electrons. The van der Waals surface area contributed by atoms with Gasteiger partial charge in [-0.3, -0.25) is 0 Å². The summed E-state index contributed by atoms with van der Waals surface area (Å²) in [6.07, 6.45) is 3.10. The Morgan fingerprint density at radius 3 is 2.53 bits per heavy atom. The predicted molar refractivity (Wildman–Crippen MR) is 151 cm³/mol. The predicted octanol–water partition coefficient (Wildman–Crippen LogP) is 7.33. The van der Waals surface area contributed by atoms with Crippen molar-refractivity contribution in [2.24, 2.45) is 5.41 Å². The highest BCUT2D eigenvalue weighted by Crippen LogP contribution is 2.38. The Morgan fingerprint density at radius 2 is 1.92 bits per heavy atom. The zero-order valence-electron chi connectivity index (χ0n) is 23.4. The Labute approximate surface area is 223 Å². The van der Waals surface area contributed by atoms with E-state index in [0.29, 0.717) is 24.2 Å². The van der Waals surface area contributed by atoms with Crippen molar-refractivity contribution < 1.29 is 13.9 Å². The number of hydrogen-bond acceptors (Lipinski definition) is 6. The van der Waals surface area contributed by atoms with E-state index in [2.05, 4.69) is 71.4 Å². The SMILES string of the molecule is Cc1c(Cl)nc(-c2cccc(OCC([CH]C(C)(C)C)O[Si](C)(C)C(C)(C)C)c2)nc1N[C@@H]1CCOC1. The van der Waals surface area contributed by atoms with Crippen LogP contribution in [0.15, 0.2) is 24.3 Å². The summed E-state index contributed by atoms with van der Waals surface area (Å²) < 4.78 is 18.5. The van der Waals surface area contributed by atoms with Crippen LogP contribution in [0.2, 0.25) is 23.3 Å². The van der Waals surface area contributed by atoms with E-state index < -0.39 is 8.32 Å². The first-order valence-electron chi connectivity index (χ1n) is 12.8. The molecule has 1 aromatic heterocycles. The van der Waals surface area contributed by atoms with Crippen molar-refractivity contribution in [3.63, 3.8) is 0 Å². The highest BCUT2D eigenvalue weighted by atomic mass is 35.5. The molecular formula is C28H43ClN3O3Si. The van der Waals surface area contributed by atoms with Crippen LogP contribution in [0.3, 0.4) is 0 Å². The fraction of sp³-hybridized carbons (Fsp3) is 0.607. The van der Waals surface area contributed by atoms with E-state index >= 15 is 0 Å². The van der Waals surface area contributed by atoms with Gasteiger partial charge in [0, 0.05) is 17.7 Å². The minimum atomic E-state index is -1.96. The standard InChI is InChI=1S/C28H43ClN3O3Si/c1-19-24(29)31-26(32-25(19)30-21-13-14-33-17-21)20-11-10-12-22(15-20)34-18-23(16-27(2,3)4)35-36(8,9)28(5,6)7/h10-12,15-16,21,23H,13-14,17-18H2,1-9H3,(H,30,31,32)/t21-,23?/m1/s1. The van der Waals surface area contributed by atoms with Gasteiger partial charge in [0.1, 0.15) is 23.3 Å². The molecule has 6 nitrogen and oxygen atoms in total. The molecule has 2 atom stereocenters. The van der Waals surface area contributed by atoms with Gasteiger partial charge in [-0.15, -0.1) is 0 Å². The zero-order valence-corrected chi connectivity index (χ0v) is 25.1. The first kappa shape index (κ1) is 28.9. The molecule has 0 amide bonds. The smallest absolute Gasteiger partial charge is 0.192 e. The van der Waals surface area contributed by atoms with Crippen molar-refractivity contribution in [1.82, 2.24) is 9.97 Å². The maximum Gasteiger partial charge on any atom is 0.192 e. The minimum absolute atomic E-state index is 0.0124. The van der Waals surface area contributed by atoms with Crippen LogP contribution in [0.1, 0.15) is 53.5 Å². The number of nitrogens with one attached hydrogen (secondary N) is 1. The summed E-state index contributed by atoms with van der Waals surface area (Å²) in [7, 11) is -1.96. The maximum atomic E-state index is 6.72. The second kappa shape index (κ2) is 11.4. The number of hydrogen-bond donors (Lipinski definition) is 1. The highest BCUT2D eigenvalue weighted by Gasteiger charge is 2.40. The van der Waals surface area contributed by atoms with E-state index in [9.17, 15) is 0 Å². The molecule has 0 spiro atoms. The molecule has 36 heavy (non-hydrogen) atoms. The maximum absolute atomic E-state index is 6.72. The van der Waals surface area contributed by atoms with Gasteiger partial charge in [-0.1, -0.05) is 65.3 Å². The summed E-state index contributed by atoms with van der Waals surface area (Å²) in [6, 6.07) is 8.07. The van der Waals surface area contributed by atoms with Crippen LogP contribution in [0, 0.1) is 18.8 Å². The Balaban J connectivity index is 1.78. The monoisotopic (exact) mass is 532 g/mol. The Morgan fingerprint density at radius 1 is 1.19 bits per heavy atom. The number of rotatable bonds is 9. The van der Waals surface area contributed by atoms with Gasteiger partial charge in [-0.2, -0.15) is 0 Å². The lowest BCUT2D eigenvalue weighted by atomic mass is 9.89. The van der Waals surface area contributed by atoms with Crippen molar-refractivity contribution in [2.75, 3.05) is 25.1 Å². The molecule has 2 heterocycles. The fourth-order valence-electron chi connectivity index (χ4n) is 3.73. The molecule has 0 bridgehead atoms. The molecule has 8 heteroatoms. The molecule has 1 aromatic carbocycles. The zero-order chi connectivity index (χ0) is 26.7. The summed E-state index contributed by atoms with van der Waals surface area (Å²) >= 11 is 6.49. The number of ether oxygens (including phenoxy) is 2. The Bertz CT molecular complexity index is 1030. The van der Waals surface area contributed by atoms with Crippen LogP contribution in [-0.2, 0) is 9.16 Å². The van der Waals surface area contributed by atoms with E-state index in [0.717, 1.165) is 35.7 Å². The van der Waals surface area contributed by atoms with Crippen molar-refractivity contribution in [2.45, 2.75) is 85.2 Å². The lowest BCUT2D eigenvalue weighted by molar-refractivity contribution is 0.121. The van der Waals surface area contributed by atoms with Crippen LogP contribution in [0.4, 0.5) is 5.82 Å². The number of nitrogens with zero attached hydrogens (tertiary/aromatic N) is 2. The summed E-state index contributed by atoms with van der Waals surface area (Å²) in [5.74, 6) is 2.06. The van der Waals surface area contributed by atoms with E-state index in [4.69, 9.17) is 30.5 Å². The molecule has 1 radical (unpaired) electrons. The Kier molecular flexibility index (Phi) is 9.13. The van der Waals surface area contributed by atoms with Crippen LogP contribution in [-0.4, -0.2) is 50.3 Å². The van der Waals surface area contributed by atoms with E-state index in [1.54, 1.807) is 0 Å². The lowest BCUT2D eigenvalue weighted by Crippen LogP contribution is -2.46.